The third-order valence-corrected chi connectivity index (χ3v) is 8.42. The normalized spacial score (nSPS) is 25.4. The van der Waals surface area contributed by atoms with Crippen LogP contribution in [-0.2, 0) is 22.6 Å². The van der Waals surface area contributed by atoms with Crippen molar-refractivity contribution in [2.24, 2.45) is 23.3 Å². The monoisotopic (exact) mass is 603 g/mol. The highest BCUT2D eigenvalue weighted by atomic mass is 19.4. The molecule has 11 nitrogen and oxygen atoms in total. The zero-order valence-electron chi connectivity index (χ0n) is 22.9. The Bertz CT molecular complexity index is 1630. The van der Waals surface area contributed by atoms with Crippen LogP contribution in [0.1, 0.15) is 27.9 Å². The molecule has 0 bridgehead atoms. The van der Waals surface area contributed by atoms with Crippen LogP contribution in [0.2, 0.25) is 0 Å². The summed E-state index contributed by atoms with van der Waals surface area (Å²) >= 11 is 0. The molecule has 0 radical (unpaired) electrons. The molecule has 14 heteroatoms. The van der Waals surface area contributed by atoms with Gasteiger partial charge in [-0.05, 0) is 67.7 Å². The number of Topliss-reactive ketones (excluding diaryl/α,β-unsaturated/α-hetero) is 2. The number of rotatable bonds is 5. The number of nitrogens with two attached hydrogens (primary N) is 2. The molecule has 0 saturated heterocycles. The SMILES string of the molecule is CN(C)[C@@H]1C(O)=C(C(N)=O)C(=O)[C@@]2(O)C(O)=C3C(=O)c4c(O)c(CN)cc(-c5ccc(OC(F)(F)F)cc5)c4C[C@H]3C[C@@H]12. The number of carbonyl (C=O) groups is 3. The first kappa shape index (κ1) is 30.1. The van der Waals surface area contributed by atoms with E-state index in [1.54, 1.807) is 0 Å². The zero-order chi connectivity index (χ0) is 31.8. The molecule has 4 atom stereocenters. The molecule has 0 heterocycles. The van der Waals surface area contributed by atoms with E-state index < -0.39 is 75.9 Å². The second kappa shape index (κ2) is 10.1. The van der Waals surface area contributed by atoms with E-state index in [0.29, 0.717) is 16.7 Å². The molecule has 3 aliphatic rings. The Morgan fingerprint density at radius 3 is 2.30 bits per heavy atom. The fraction of sp³-hybridized carbons (Fsp3) is 0.345. The lowest BCUT2D eigenvalue weighted by Gasteiger charge is -2.50. The second-order valence-electron chi connectivity index (χ2n) is 11.0. The number of aliphatic hydroxyl groups is 3. The molecule has 1 amide bonds. The van der Waals surface area contributed by atoms with Gasteiger partial charge in [0.1, 0.15) is 28.6 Å². The number of allylic oxidation sites excluding steroid dienone is 1. The van der Waals surface area contributed by atoms with Gasteiger partial charge in [0.25, 0.3) is 5.91 Å². The number of likely N-dealkylation sites (N-methyl/N-ethyl adjacent to an activating group) is 1. The molecule has 5 rings (SSSR count). The molecule has 0 aliphatic heterocycles. The van der Waals surface area contributed by atoms with Crippen molar-refractivity contribution in [3.05, 3.63) is 69.7 Å². The highest BCUT2D eigenvalue weighted by Crippen LogP contribution is 2.53. The summed E-state index contributed by atoms with van der Waals surface area (Å²) in [7, 11) is 3.04. The maximum Gasteiger partial charge on any atom is 0.573 e. The molecule has 0 saturated carbocycles. The number of nitrogens with zero attached hydrogens (tertiary/aromatic N) is 1. The minimum absolute atomic E-state index is 0.0108. The van der Waals surface area contributed by atoms with E-state index in [4.69, 9.17) is 11.5 Å². The van der Waals surface area contributed by atoms with E-state index in [1.165, 1.54) is 37.2 Å². The van der Waals surface area contributed by atoms with Crippen molar-refractivity contribution < 1.29 is 52.7 Å². The van der Waals surface area contributed by atoms with Crippen LogP contribution in [0.5, 0.6) is 11.5 Å². The largest absolute Gasteiger partial charge is 0.573 e. The van der Waals surface area contributed by atoms with Gasteiger partial charge in [0.05, 0.1) is 11.6 Å². The molecule has 0 unspecified atom stereocenters. The van der Waals surface area contributed by atoms with Crippen LogP contribution in [0.15, 0.2) is 53.0 Å². The van der Waals surface area contributed by atoms with Crippen molar-refractivity contribution >= 4 is 17.5 Å². The maximum absolute atomic E-state index is 14.0. The standard InChI is InChI=1S/C29H28F3N3O8/c1-35(2)21-17-9-12-7-16-15(11-3-5-14(6-4-11)43-29(30,31)32)8-13(10-33)22(36)19(16)23(37)18(12)25(39)28(17,42)26(40)20(24(21)38)27(34)41/h3-6,8,12,17,21,36,38-39,42H,7,9-10,33H2,1-2H3,(H2,34,41)/t12-,17-,21-,28-/m0/s1. The Morgan fingerprint density at radius 2 is 1.77 bits per heavy atom. The van der Waals surface area contributed by atoms with Crippen molar-refractivity contribution in [2.75, 3.05) is 14.1 Å². The van der Waals surface area contributed by atoms with Crippen LogP contribution in [-0.4, -0.2) is 74.9 Å². The molecular weight excluding hydrogens is 575 g/mol. The van der Waals surface area contributed by atoms with Crippen molar-refractivity contribution in [3.63, 3.8) is 0 Å². The highest BCUT2D eigenvalue weighted by Gasteiger charge is 2.63. The summed E-state index contributed by atoms with van der Waals surface area (Å²) in [5.74, 6) is -8.31. The summed E-state index contributed by atoms with van der Waals surface area (Å²) in [6.07, 6.45) is -5.04. The van der Waals surface area contributed by atoms with Gasteiger partial charge in [0, 0.05) is 23.6 Å². The lowest BCUT2D eigenvalue weighted by Crippen LogP contribution is -2.63. The van der Waals surface area contributed by atoms with Gasteiger partial charge in [-0.25, -0.2) is 0 Å². The van der Waals surface area contributed by atoms with E-state index >= 15 is 0 Å². The predicted octanol–water partition coefficient (Wildman–Crippen LogP) is 2.14. The number of ketones is 2. The molecular formula is C29H28F3N3O8. The Morgan fingerprint density at radius 1 is 1.14 bits per heavy atom. The number of benzene rings is 2. The number of hydrogen-bond acceptors (Lipinski definition) is 10. The lowest BCUT2D eigenvalue weighted by molar-refractivity contribution is -0.274. The molecule has 228 valence electrons. The molecule has 0 fully saturated rings. The van der Waals surface area contributed by atoms with Crippen LogP contribution in [0.4, 0.5) is 13.2 Å². The number of halogens is 3. The van der Waals surface area contributed by atoms with Crippen LogP contribution < -0.4 is 16.2 Å². The number of phenolic OH excluding ortho intramolecular Hbond substituents is 1. The van der Waals surface area contributed by atoms with E-state index in [1.807, 2.05) is 0 Å². The van der Waals surface area contributed by atoms with Crippen LogP contribution in [0.25, 0.3) is 11.1 Å². The second-order valence-corrected chi connectivity index (χ2v) is 11.0. The van der Waals surface area contributed by atoms with E-state index in [9.17, 15) is 48.0 Å². The predicted molar refractivity (Wildman–Crippen MR) is 144 cm³/mol. The van der Waals surface area contributed by atoms with Crippen LogP contribution in [0, 0.1) is 11.8 Å². The quantitative estimate of drug-likeness (QED) is 0.276. The van der Waals surface area contributed by atoms with Crippen molar-refractivity contribution in [3.8, 4) is 22.6 Å². The smallest absolute Gasteiger partial charge is 0.510 e. The van der Waals surface area contributed by atoms with Crippen LogP contribution in [0.3, 0.4) is 0 Å². The number of carbonyl (C=O) groups excluding carboxylic acids is 3. The molecule has 2 aromatic carbocycles. The Balaban J connectivity index is 1.69. The lowest BCUT2D eigenvalue weighted by atomic mass is 9.58. The van der Waals surface area contributed by atoms with Gasteiger partial charge in [-0.2, -0.15) is 0 Å². The summed E-state index contributed by atoms with van der Waals surface area (Å²) < 4.78 is 42.0. The minimum Gasteiger partial charge on any atom is -0.510 e. The number of alkyl halides is 3. The average molecular weight is 604 g/mol. The molecule has 43 heavy (non-hydrogen) atoms. The summed E-state index contributed by atoms with van der Waals surface area (Å²) in [4.78, 5) is 41.0. The molecule has 0 spiro atoms. The van der Waals surface area contributed by atoms with Gasteiger partial charge in [-0.1, -0.05) is 12.1 Å². The topological polar surface area (TPSA) is 197 Å². The zero-order valence-corrected chi connectivity index (χ0v) is 22.9. The number of phenols is 1. The Kier molecular flexibility index (Phi) is 7.07. The van der Waals surface area contributed by atoms with Crippen molar-refractivity contribution in [2.45, 2.75) is 37.4 Å². The maximum atomic E-state index is 14.0. The van der Waals surface area contributed by atoms with E-state index in [-0.39, 0.29) is 36.1 Å². The Labute approximate surface area is 242 Å². The fourth-order valence-electron chi connectivity index (χ4n) is 6.62. The summed E-state index contributed by atoms with van der Waals surface area (Å²) in [6, 6.07) is 5.23. The highest BCUT2D eigenvalue weighted by molar-refractivity contribution is 6.25. The first-order chi connectivity index (χ1) is 20.0. The van der Waals surface area contributed by atoms with Gasteiger partial charge < -0.3 is 36.6 Å². The third kappa shape index (κ3) is 4.53. The Hall–Kier alpha value is -4.40. The fourth-order valence-corrected chi connectivity index (χ4v) is 6.62. The molecule has 0 aromatic heterocycles. The number of fused-ring (bicyclic) bond motifs is 3. The van der Waals surface area contributed by atoms with Crippen molar-refractivity contribution in [1.82, 2.24) is 4.90 Å². The summed E-state index contributed by atoms with van der Waals surface area (Å²) in [5, 5.41) is 45.1. The van der Waals surface area contributed by atoms with Gasteiger partial charge in [-0.3, -0.25) is 19.3 Å². The van der Waals surface area contributed by atoms with E-state index in [2.05, 4.69) is 4.74 Å². The number of aromatic hydroxyl groups is 1. The molecule has 8 N–H and O–H groups in total. The summed E-state index contributed by atoms with van der Waals surface area (Å²) in [5.41, 5.74) is 8.03. The van der Waals surface area contributed by atoms with Crippen LogP contribution >= 0.6 is 0 Å². The van der Waals surface area contributed by atoms with Gasteiger partial charge in [-0.15, -0.1) is 13.2 Å². The number of amides is 1. The molecule has 2 aromatic rings. The summed E-state index contributed by atoms with van der Waals surface area (Å²) in [6.45, 7) is -0.232. The van der Waals surface area contributed by atoms with Gasteiger partial charge in [0.15, 0.2) is 11.4 Å². The first-order valence-electron chi connectivity index (χ1n) is 13.1. The number of aliphatic hydroxyl groups excluding tert-OH is 2. The average Bonchev–Trinajstić information content (AvgIpc) is 2.90. The van der Waals surface area contributed by atoms with Crippen molar-refractivity contribution in [1.29, 1.82) is 0 Å². The minimum atomic E-state index is -4.90. The van der Waals surface area contributed by atoms with Gasteiger partial charge in [0.2, 0.25) is 5.78 Å². The molecule has 3 aliphatic carbocycles. The number of primary amides is 1. The number of ether oxygens (including phenoxy) is 1. The van der Waals surface area contributed by atoms with Gasteiger partial charge >= 0.3 is 6.36 Å². The van der Waals surface area contributed by atoms with E-state index in [0.717, 1.165) is 12.1 Å². The number of hydrogen-bond donors (Lipinski definition) is 6. The third-order valence-electron chi connectivity index (χ3n) is 8.42. The first-order valence-corrected chi connectivity index (χ1v) is 13.1.